The van der Waals surface area contributed by atoms with E-state index in [9.17, 15) is 38.0 Å². The van der Waals surface area contributed by atoms with Crippen LogP contribution in [0.3, 0.4) is 0 Å². The fourth-order valence-corrected chi connectivity index (χ4v) is 2.54. The molecule has 28 heavy (non-hydrogen) atoms. The SMILES string of the molecule is COC(=O)C1=C(Nc2cc(C(F)(F)F)c([N+](=O)[O-])cc2O)C(=O)N(CCO)C1. The standard InChI is InChI=1S/C15H14F3N3O7/c1-28-14(25)7-6-20(2-3-22)13(24)12(7)19-9-4-8(15(16,17)18)10(21(26)27)5-11(9)23/h4-5,19,22-23H,2-3,6H2,1H3. The van der Waals surface area contributed by atoms with Gasteiger partial charge in [0.1, 0.15) is 17.0 Å². The minimum atomic E-state index is -5.12. The van der Waals surface area contributed by atoms with E-state index in [1.165, 1.54) is 0 Å². The van der Waals surface area contributed by atoms with Crippen LogP contribution in [0.1, 0.15) is 5.56 Å². The summed E-state index contributed by atoms with van der Waals surface area (Å²) in [5.74, 6) is -2.72. The lowest BCUT2D eigenvalue weighted by atomic mass is 10.1. The van der Waals surface area contributed by atoms with Crippen molar-refractivity contribution in [1.82, 2.24) is 4.90 Å². The van der Waals surface area contributed by atoms with Gasteiger partial charge < -0.3 is 25.2 Å². The normalized spacial score (nSPS) is 14.5. The quantitative estimate of drug-likeness (QED) is 0.275. The summed E-state index contributed by atoms with van der Waals surface area (Å²) >= 11 is 0. The number of rotatable bonds is 6. The largest absolute Gasteiger partial charge is 0.506 e. The highest BCUT2D eigenvalue weighted by Crippen LogP contribution is 2.42. The molecule has 0 radical (unpaired) electrons. The molecule has 0 bridgehead atoms. The molecule has 1 heterocycles. The number of carbonyl (C=O) groups excluding carboxylic acids is 2. The van der Waals surface area contributed by atoms with Crippen molar-refractivity contribution >= 4 is 23.3 Å². The second-order valence-corrected chi connectivity index (χ2v) is 5.56. The number of ether oxygens (including phenoxy) is 1. The van der Waals surface area contributed by atoms with Crippen LogP contribution < -0.4 is 5.32 Å². The van der Waals surface area contributed by atoms with Gasteiger partial charge >= 0.3 is 12.1 Å². The van der Waals surface area contributed by atoms with E-state index in [1.807, 2.05) is 0 Å². The number of phenolic OH excluding ortho intramolecular Hbond substituents is 1. The van der Waals surface area contributed by atoms with Gasteiger partial charge in [-0.1, -0.05) is 0 Å². The molecule has 1 aliphatic rings. The molecule has 1 amide bonds. The Hall–Kier alpha value is -3.35. The average molecular weight is 405 g/mol. The third-order valence-electron chi connectivity index (χ3n) is 3.83. The zero-order chi connectivity index (χ0) is 21.2. The first-order chi connectivity index (χ1) is 13.0. The molecule has 0 aromatic heterocycles. The first kappa shape index (κ1) is 21.0. The van der Waals surface area contributed by atoms with Gasteiger partial charge in [0.05, 0.1) is 42.5 Å². The number of carbonyl (C=O) groups is 2. The first-order valence-corrected chi connectivity index (χ1v) is 7.58. The third-order valence-corrected chi connectivity index (χ3v) is 3.83. The van der Waals surface area contributed by atoms with Crippen molar-refractivity contribution in [3.05, 3.63) is 39.1 Å². The van der Waals surface area contributed by atoms with Gasteiger partial charge in [0.25, 0.3) is 11.6 Å². The lowest BCUT2D eigenvalue weighted by Crippen LogP contribution is -2.31. The van der Waals surface area contributed by atoms with Gasteiger partial charge in [-0.05, 0) is 6.07 Å². The fourth-order valence-electron chi connectivity index (χ4n) is 2.54. The molecule has 1 aromatic carbocycles. The number of nitro benzene ring substituents is 1. The van der Waals surface area contributed by atoms with E-state index in [0.29, 0.717) is 0 Å². The Labute approximate surface area is 155 Å². The molecule has 0 fully saturated rings. The topological polar surface area (TPSA) is 142 Å². The van der Waals surface area contributed by atoms with Crippen molar-refractivity contribution in [1.29, 1.82) is 0 Å². The molecule has 10 nitrogen and oxygen atoms in total. The van der Waals surface area contributed by atoms with Crippen LogP contribution in [0.15, 0.2) is 23.4 Å². The number of nitrogens with one attached hydrogen (secondary N) is 1. The lowest BCUT2D eigenvalue weighted by molar-refractivity contribution is -0.388. The van der Waals surface area contributed by atoms with Gasteiger partial charge in [-0.25, -0.2) is 4.79 Å². The number of aliphatic hydroxyl groups excluding tert-OH is 1. The van der Waals surface area contributed by atoms with Crippen LogP contribution in [-0.2, 0) is 20.5 Å². The van der Waals surface area contributed by atoms with E-state index in [0.717, 1.165) is 12.0 Å². The van der Waals surface area contributed by atoms with Crippen LogP contribution in [-0.4, -0.2) is 58.7 Å². The number of anilines is 1. The highest BCUT2D eigenvalue weighted by Gasteiger charge is 2.40. The summed E-state index contributed by atoms with van der Waals surface area (Å²) in [7, 11) is 1.03. The summed E-state index contributed by atoms with van der Waals surface area (Å²) in [6.07, 6.45) is -5.12. The molecule has 0 saturated heterocycles. The maximum absolute atomic E-state index is 13.1. The highest BCUT2D eigenvalue weighted by molar-refractivity contribution is 6.08. The Morgan fingerprint density at radius 3 is 2.57 bits per heavy atom. The summed E-state index contributed by atoms with van der Waals surface area (Å²) in [5, 5.41) is 31.9. The smallest absolute Gasteiger partial charge is 0.423 e. The molecule has 0 atom stereocenters. The Morgan fingerprint density at radius 1 is 1.43 bits per heavy atom. The predicted octanol–water partition coefficient (Wildman–Crippen LogP) is 0.993. The number of β-amino-alcohol motifs (C(OH)–C–C–N with tert-alkyl or cyclic N) is 1. The minimum absolute atomic E-state index is 0.162. The van der Waals surface area contributed by atoms with Gasteiger partial charge in [-0.15, -0.1) is 0 Å². The molecule has 0 saturated carbocycles. The molecule has 1 aromatic rings. The highest BCUT2D eigenvalue weighted by atomic mass is 19.4. The van der Waals surface area contributed by atoms with Gasteiger partial charge in [0, 0.05) is 6.54 Å². The Balaban J connectivity index is 2.54. The van der Waals surface area contributed by atoms with Crippen LogP contribution in [0, 0.1) is 10.1 Å². The number of halogens is 3. The Morgan fingerprint density at radius 2 is 2.07 bits per heavy atom. The molecule has 152 valence electrons. The second kappa shape index (κ2) is 7.72. The minimum Gasteiger partial charge on any atom is -0.506 e. The second-order valence-electron chi connectivity index (χ2n) is 5.56. The molecule has 13 heteroatoms. The van der Waals surface area contributed by atoms with E-state index < -0.39 is 58.0 Å². The fraction of sp³-hybridized carbons (Fsp3) is 0.333. The predicted molar refractivity (Wildman–Crippen MR) is 86.1 cm³/mol. The number of nitrogens with zero attached hydrogens (tertiary/aromatic N) is 2. The number of benzene rings is 1. The summed E-state index contributed by atoms with van der Waals surface area (Å²) in [6.45, 7) is -0.882. The monoisotopic (exact) mass is 405 g/mol. The molecule has 1 aliphatic heterocycles. The zero-order valence-corrected chi connectivity index (χ0v) is 14.2. The number of esters is 1. The Kier molecular flexibility index (Phi) is 5.78. The number of aromatic hydroxyl groups is 1. The van der Waals surface area contributed by atoms with Gasteiger partial charge in [0.15, 0.2) is 0 Å². The molecule has 0 spiro atoms. The summed E-state index contributed by atoms with van der Waals surface area (Å²) in [6, 6.07) is 0.547. The number of hydrogen-bond donors (Lipinski definition) is 3. The van der Waals surface area contributed by atoms with E-state index in [4.69, 9.17) is 5.11 Å². The number of hydrogen-bond acceptors (Lipinski definition) is 8. The van der Waals surface area contributed by atoms with E-state index in [2.05, 4.69) is 10.1 Å². The molecule has 2 rings (SSSR count). The zero-order valence-electron chi connectivity index (χ0n) is 14.2. The van der Waals surface area contributed by atoms with Gasteiger partial charge in [0.2, 0.25) is 0 Å². The molecule has 0 aliphatic carbocycles. The number of phenols is 1. The van der Waals surface area contributed by atoms with Crippen LogP contribution in [0.5, 0.6) is 5.75 Å². The molecular formula is C15H14F3N3O7. The lowest BCUT2D eigenvalue weighted by Gasteiger charge is -2.16. The molecule has 3 N–H and O–H groups in total. The first-order valence-electron chi connectivity index (χ1n) is 7.58. The van der Waals surface area contributed by atoms with Crippen LogP contribution >= 0.6 is 0 Å². The van der Waals surface area contributed by atoms with Crippen LogP contribution in [0.25, 0.3) is 0 Å². The third kappa shape index (κ3) is 3.98. The number of amides is 1. The van der Waals surface area contributed by atoms with Crippen molar-refractivity contribution in [3.63, 3.8) is 0 Å². The maximum Gasteiger partial charge on any atom is 0.423 e. The number of aliphatic hydroxyl groups is 1. The number of nitro groups is 1. The van der Waals surface area contributed by atoms with Gasteiger partial charge in [-0.3, -0.25) is 14.9 Å². The van der Waals surface area contributed by atoms with Crippen molar-refractivity contribution in [2.45, 2.75) is 6.18 Å². The van der Waals surface area contributed by atoms with E-state index >= 15 is 0 Å². The van der Waals surface area contributed by atoms with Crippen molar-refractivity contribution in [2.75, 3.05) is 32.1 Å². The summed E-state index contributed by atoms with van der Waals surface area (Å²) in [4.78, 5) is 34.8. The van der Waals surface area contributed by atoms with Crippen LogP contribution in [0.4, 0.5) is 24.5 Å². The van der Waals surface area contributed by atoms with E-state index in [-0.39, 0.29) is 30.8 Å². The summed E-state index contributed by atoms with van der Waals surface area (Å²) < 4.78 is 43.9. The average Bonchev–Trinajstić information content (AvgIpc) is 2.91. The van der Waals surface area contributed by atoms with E-state index in [1.54, 1.807) is 0 Å². The summed E-state index contributed by atoms with van der Waals surface area (Å²) in [5.41, 5.74) is -4.42. The van der Waals surface area contributed by atoms with Crippen molar-refractivity contribution < 1.29 is 42.6 Å². The Bertz CT molecular complexity index is 867. The van der Waals surface area contributed by atoms with Crippen LogP contribution in [0.2, 0.25) is 0 Å². The maximum atomic E-state index is 13.1. The number of alkyl halides is 3. The van der Waals surface area contributed by atoms with Gasteiger partial charge in [-0.2, -0.15) is 13.2 Å². The van der Waals surface area contributed by atoms with Crippen molar-refractivity contribution in [2.24, 2.45) is 0 Å². The number of methoxy groups -OCH3 is 1. The molecule has 0 unspecified atom stereocenters. The van der Waals surface area contributed by atoms with Crippen molar-refractivity contribution in [3.8, 4) is 5.75 Å². The molecular weight excluding hydrogens is 391 g/mol.